The largest absolute Gasteiger partial charge is 0.370 e. The van der Waals surface area contributed by atoms with E-state index in [-0.39, 0.29) is 18.4 Å². The van der Waals surface area contributed by atoms with Crippen LogP contribution in [0, 0.1) is 5.92 Å². The molecule has 0 aromatic heterocycles. The Morgan fingerprint density at radius 3 is 2.55 bits per heavy atom. The van der Waals surface area contributed by atoms with Crippen molar-refractivity contribution >= 4 is 23.2 Å². The number of hydrogen-bond acceptors (Lipinski definition) is 4. The molecule has 1 fully saturated rings. The minimum Gasteiger partial charge on any atom is -0.370 e. The number of anilines is 2. The molecule has 1 saturated heterocycles. The number of nitrogens with one attached hydrogen (secondary N) is 1. The van der Waals surface area contributed by atoms with Gasteiger partial charge in [0.2, 0.25) is 11.8 Å². The SMILES string of the molecule is CC(CN)C(=O)Nc1cc(C(N)=O)ccc1N1CCCCC1. The zero-order valence-corrected chi connectivity index (χ0v) is 13.0. The number of carbonyl (C=O) groups excluding carboxylic acids is 2. The summed E-state index contributed by atoms with van der Waals surface area (Å²) in [5, 5.41) is 2.89. The highest BCUT2D eigenvalue weighted by Crippen LogP contribution is 2.30. The number of benzene rings is 1. The molecule has 0 spiro atoms. The maximum Gasteiger partial charge on any atom is 0.248 e. The van der Waals surface area contributed by atoms with Crippen molar-refractivity contribution in [3.63, 3.8) is 0 Å². The molecule has 6 heteroatoms. The molecule has 22 heavy (non-hydrogen) atoms. The summed E-state index contributed by atoms with van der Waals surface area (Å²) >= 11 is 0. The van der Waals surface area contributed by atoms with Crippen LogP contribution in [0.5, 0.6) is 0 Å². The summed E-state index contributed by atoms with van der Waals surface area (Å²) < 4.78 is 0. The van der Waals surface area contributed by atoms with E-state index >= 15 is 0 Å². The first kappa shape index (κ1) is 16.3. The predicted molar refractivity (Wildman–Crippen MR) is 87.9 cm³/mol. The first-order chi connectivity index (χ1) is 10.5. The summed E-state index contributed by atoms with van der Waals surface area (Å²) in [6.45, 7) is 3.95. The van der Waals surface area contributed by atoms with Gasteiger partial charge in [0, 0.05) is 31.1 Å². The average molecular weight is 304 g/mol. The molecule has 1 atom stereocenters. The summed E-state index contributed by atoms with van der Waals surface area (Å²) in [6, 6.07) is 5.20. The molecular formula is C16H24N4O2. The summed E-state index contributed by atoms with van der Waals surface area (Å²) in [7, 11) is 0. The number of hydrogen-bond donors (Lipinski definition) is 3. The normalized spacial score (nSPS) is 16.2. The van der Waals surface area contributed by atoms with Gasteiger partial charge >= 0.3 is 0 Å². The van der Waals surface area contributed by atoms with Gasteiger partial charge in [0.15, 0.2) is 0 Å². The van der Waals surface area contributed by atoms with Crippen LogP contribution in [0.3, 0.4) is 0 Å². The quantitative estimate of drug-likeness (QED) is 0.763. The second-order valence-corrected chi connectivity index (χ2v) is 5.77. The molecule has 2 amide bonds. The van der Waals surface area contributed by atoms with Crippen LogP contribution in [0.4, 0.5) is 11.4 Å². The van der Waals surface area contributed by atoms with E-state index < -0.39 is 5.91 Å². The molecule has 0 saturated carbocycles. The second kappa shape index (κ2) is 7.26. The van der Waals surface area contributed by atoms with E-state index in [0.29, 0.717) is 11.3 Å². The summed E-state index contributed by atoms with van der Waals surface area (Å²) in [5.41, 5.74) is 12.8. The summed E-state index contributed by atoms with van der Waals surface area (Å²) in [6.07, 6.45) is 3.48. The Hall–Kier alpha value is -2.08. The van der Waals surface area contributed by atoms with Crippen molar-refractivity contribution in [2.45, 2.75) is 26.2 Å². The maximum absolute atomic E-state index is 12.1. The molecule has 0 aliphatic carbocycles. The molecular weight excluding hydrogens is 280 g/mol. The van der Waals surface area contributed by atoms with Crippen molar-refractivity contribution in [2.75, 3.05) is 29.9 Å². The Morgan fingerprint density at radius 1 is 1.27 bits per heavy atom. The lowest BCUT2D eigenvalue weighted by molar-refractivity contribution is -0.119. The van der Waals surface area contributed by atoms with Gasteiger partial charge in [-0.05, 0) is 37.5 Å². The van der Waals surface area contributed by atoms with Gasteiger partial charge in [-0.1, -0.05) is 6.92 Å². The molecule has 2 rings (SSSR count). The lowest BCUT2D eigenvalue weighted by Crippen LogP contribution is -2.32. The molecule has 6 nitrogen and oxygen atoms in total. The third-order valence-electron chi connectivity index (χ3n) is 4.04. The number of nitrogens with two attached hydrogens (primary N) is 2. The standard InChI is InChI=1S/C16H24N4O2/c1-11(10-17)16(22)19-13-9-12(15(18)21)5-6-14(13)20-7-3-2-4-8-20/h5-6,9,11H,2-4,7-8,10,17H2,1H3,(H2,18,21)(H,19,22). The number of amides is 2. The van der Waals surface area contributed by atoms with Crippen molar-refractivity contribution < 1.29 is 9.59 Å². The van der Waals surface area contributed by atoms with Crippen LogP contribution in [0.2, 0.25) is 0 Å². The minimum absolute atomic E-state index is 0.151. The van der Waals surface area contributed by atoms with Gasteiger partial charge in [0.05, 0.1) is 11.4 Å². The van der Waals surface area contributed by atoms with Gasteiger partial charge < -0.3 is 21.7 Å². The molecule has 1 heterocycles. The molecule has 120 valence electrons. The van der Waals surface area contributed by atoms with Crippen molar-refractivity contribution in [1.82, 2.24) is 0 Å². The van der Waals surface area contributed by atoms with E-state index in [9.17, 15) is 9.59 Å². The monoisotopic (exact) mass is 304 g/mol. The zero-order valence-electron chi connectivity index (χ0n) is 13.0. The number of carbonyl (C=O) groups is 2. The van der Waals surface area contributed by atoms with Crippen LogP contribution in [0.25, 0.3) is 0 Å². The van der Waals surface area contributed by atoms with E-state index in [1.54, 1.807) is 19.1 Å². The molecule has 1 aliphatic rings. The smallest absolute Gasteiger partial charge is 0.248 e. The predicted octanol–water partition coefficient (Wildman–Crippen LogP) is 1.31. The molecule has 5 N–H and O–H groups in total. The van der Waals surface area contributed by atoms with E-state index in [1.165, 1.54) is 6.42 Å². The van der Waals surface area contributed by atoms with Gasteiger partial charge in [-0.2, -0.15) is 0 Å². The highest BCUT2D eigenvalue weighted by atomic mass is 16.2. The lowest BCUT2D eigenvalue weighted by atomic mass is 10.1. The Kier molecular flexibility index (Phi) is 5.38. The number of nitrogens with zero attached hydrogens (tertiary/aromatic N) is 1. The molecule has 1 aromatic carbocycles. The molecule has 1 unspecified atom stereocenters. The fourth-order valence-electron chi connectivity index (χ4n) is 2.56. The van der Waals surface area contributed by atoms with Crippen molar-refractivity contribution in [3.8, 4) is 0 Å². The third-order valence-corrected chi connectivity index (χ3v) is 4.04. The van der Waals surface area contributed by atoms with E-state index in [2.05, 4.69) is 10.2 Å². The van der Waals surface area contributed by atoms with Crippen LogP contribution >= 0.6 is 0 Å². The van der Waals surface area contributed by atoms with Crippen LogP contribution in [-0.2, 0) is 4.79 Å². The summed E-state index contributed by atoms with van der Waals surface area (Å²) in [4.78, 5) is 25.8. The Balaban J connectivity index is 2.31. The van der Waals surface area contributed by atoms with Crippen molar-refractivity contribution in [2.24, 2.45) is 17.4 Å². The highest BCUT2D eigenvalue weighted by molar-refractivity contribution is 6.00. The minimum atomic E-state index is -0.507. The molecule has 0 radical (unpaired) electrons. The lowest BCUT2D eigenvalue weighted by Gasteiger charge is -2.31. The van der Waals surface area contributed by atoms with E-state index in [4.69, 9.17) is 11.5 Å². The van der Waals surface area contributed by atoms with Crippen LogP contribution < -0.4 is 21.7 Å². The van der Waals surface area contributed by atoms with E-state index in [1.807, 2.05) is 6.07 Å². The van der Waals surface area contributed by atoms with Crippen LogP contribution in [0.1, 0.15) is 36.5 Å². The van der Waals surface area contributed by atoms with Gasteiger partial charge in [-0.25, -0.2) is 0 Å². The van der Waals surface area contributed by atoms with Crippen molar-refractivity contribution in [1.29, 1.82) is 0 Å². The average Bonchev–Trinajstić information content (AvgIpc) is 2.54. The van der Waals surface area contributed by atoms with Gasteiger partial charge in [0.1, 0.15) is 0 Å². The van der Waals surface area contributed by atoms with Gasteiger partial charge in [-0.15, -0.1) is 0 Å². The Morgan fingerprint density at radius 2 is 1.95 bits per heavy atom. The van der Waals surface area contributed by atoms with Crippen LogP contribution in [-0.4, -0.2) is 31.4 Å². The fourth-order valence-corrected chi connectivity index (χ4v) is 2.56. The van der Waals surface area contributed by atoms with E-state index in [0.717, 1.165) is 31.6 Å². The van der Waals surface area contributed by atoms with Gasteiger partial charge in [0.25, 0.3) is 0 Å². The van der Waals surface area contributed by atoms with Gasteiger partial charge in [-0.3, -0.25) is 9.59 Å². The summed E-state index contributed by atoms with van der Waals surface area (Å²) in [5.74, 6) is -0.943. The number of piperidine rings is 1. The van der Waals surface area contributed by atoms with Crippen molar-refractivity contribution in [3.05, 3.63) is 23.8 Å². The molecule has 1 aliphatic heterocycles. The molecule has 1 aromatic rings. The van der Waals surface area contributed by atoms with Crippen LogP contribution in [0.15, 0.2) is 18.2 Å². The fraction of sp³-hybridized carbons (Fsp3) is 0.500. The Labute approximate surface area is 130 Å². The first-order valence-corrected chi connectivity index (χ1v) is 7.72. The molecule has 0 bridgehead atoms. The highest BCUT2D eigenvalue weighted by Gasteiger charge is 2.19. The number of rotatable bonds is 5. The number of primary amides is 1. The first-order valence-electron chi connectivity index (χ1n) is 7.72. The second-order valence-electron chi connectivity index (χ2n) is 5.77. The third kappa shape index (κ3) is 3.76. The maximum atomic E-state index is 12.1. The topological polar surface area (TPSA) is 101 Å². The zero-order chi connectivity index (χ0) is 16.1. The Bertz CT molecular complexity index is 553.